The van der Waals surface area contributed by atoms with Gasteiger partial charge >= 0.3 is 0 Å². The van der Waals surface area contributed by atoms with Crippen LogP contribution in [0.4, 0.5) is 0 Å². The first kappa shape index (κ1) is 18.1. The number of rotatable bonds is 6. The van der Waals surface area contributed by atoms with Crippen LogP contribution in [-0.2, 0) is 4.79 Å². The first-order chi connectivity index (χ1) is 13.1. The summed E-state index contributed by atoms with van der Waals surface area (Å²) in [7, 11) is 0. The van der Waals surface area contributed by atoms with Crippen molar-refractivity contribution >= 4 is 17.7 Å². The molecule has 9 heteroatoms. The summed E-state index contributed by atoms with van der Waals surface area (Å²) >= 11 is 1.39. The van der Waals surface area contributed by atoms with E-state index in [1.54, 1.807) is 0 Å². The van der Waals surface area contributed by atoms with Gasteiger partial charge in [0.15, 0.2) is 11.5 Å². The Balaban J connectivity index is 1.38. The first-order valence-corrected chi connectivity index (χ1v) is 10.1. The molecule has 1 aliphatic carbocycles. The van der Waals surface area contributed by atoms with E-state index < -0.39 is 0 Å². The minimum atomic E-state index is -0.295. The summed E-state index contributed by atoms with van der Waals surface area (Å²) in [5.74, 6) is 1.44. The van der Waals surface area contributed by atoms with Crippen LogP contribution >= 0.6 is 11.8 Å². The van der Waals surface area contributed by atoms with Gasteiger partial charge in [-0.1, -0.05) is 17.8 Å². The van der Waals surface area contributed by atoms with Crippen LogP contribution in [0.15, 0.2) is 23.4 Å². The fourth-order valence-corrected chi connectivity index (χ4v) is 3.75. The van der Waals surface area contributed by atoms with Gasteiger partial charge < -0.3 is 14.8 Å². The summed E-state index contributed by atoms with van der Waals surface area (Å²) in [4.78, 5) is 12.6. The number of aromatic nitrogens is 4. The number of thioether (sulfide) groups is 1. The van der Waals surface area contributed by atoms with E-state index in [-0.39, 0.29) is 17.2 Å². The van der Waals surface area contributed by atoms with E-state index in [0.29, 0.717) is 24.4 Å². The molecule has 1 aromatic carbocycles. The number of nitrogens with zero attached hydrogens (tertiary/aromatic N) is 4. The molecule has 1 fully saturated rings. The zero-order chi connectivity index (χ0) is 18.8. The van der Waals surface area contributed by atoms with E-state index in [4.69, 9.17) is 9.47 Å². The molecule has 0 radical (unpaired) electrons. The summed E-state index contributed by atoms with van der Waals surface area (Å²) in [6.45, 7) is 5.13. The van der Waals surface area contributed by atoms with Gasteiger partial charge in [0, 0.05) is 6.42 Å². The molecular weight excluding hydrogens is 366 g/mol. The monoisotopic (exact) mass is 389 g/mol. The topological polar surface area (TPSA) is 91.2 Å². The summed E-state index contributed by atoms with van der Waals surface area (Å²) in [5, 5.41) is 15.3. The Kier molecular flexibility index (Phi) is 5.20. The largest absolute Gasteiger partial charge is 0.490 e. The van der Waals surface area contributed by atoms with E-state index in [2.05, 4.69) is 20.8 Å². The predicted octanol–water partition coefficient (Wildman–Crippen LogP) is 2.53. The Bertz CT molecular complexity index is 823. The Morgan fingerprint density at radius 2 is 2.04 bits per heavy atom. The highest BCUT2D eigenvalue weighted by Crippen LogP contribution is 2.37. The average molecular weight is 389 g/mol. The second kappa shape index (κ2) is 7.75. The minimum absolute atomic E-state index is 0.0510. The standard InChI is InChI=1S/C18H23N5O3S/c1-11(13-4-7-15-16(10-13)26-9-3-8-25-15)19-17(24)12(2)27-18-20-21-22-23(18)14-5-6-14/h4,7,10-12,14H,3,5-6,8-9H2,1-2H3,(H,19,24). The van der Waals surface area contributed by atoms with E-state index in [1.807, 2.05) is 36.7 Å². The maximum atomic E-state index is 12.6. The van der Waals surface area contributed by atoms with Crippen molar-refractivity contribution < 1.29 is 14.3 Å². The highest BCUT2D eigenvalue weighted by Gasteiger charge is 2.29. The normalized spacial score (nSPS) is 18.4. The molecule has 2 aromatic rings. The molecule has 8 nitrogen and oxygen atoms in total. The van der Waals surface area contributed by atoms with Gasteiger partial charge in [0.05, 0.1) is 30.5 Å². The van der Waals surface area contributed by atoms with Crippen molar-refractivity contribution in [1.29, 1.82) is 0 Å². The van der Waals surface area contributed by atoms with Crippen molar-refractivity contribution in [3.05, 3.63) is 23.8 Å². The quantitative estimate of drug-likeness (QED) is 0.759. The third kappa shape index (κ3) is 4.18. The lowest BCUT2D eigenvalue weighted by Crippen LogP contribution is -2.33. The number of carbonyl (C=O) groups excluding carboxylic acids is 1. The van der Waals surface area contributed by atoms with Gasteiger partial charge in [-0.15, -0.1) is 5.10 Å². The van der Waals surface area contributed by atoms with Crippen molar-refractivity contribution in [3.63, 3.8) is 0 Å². The molecule has 2 atom stereocenters. The number of carbonyl (C=O) groups is 1. The number of hydrogen-bond donors (Lipinski definition) is 1. The summed E-state index contributed by atoms with van der Waals surface area (Å²) in [6.07, 6.45) is 3.06. The van der Waals surface area contributed by atoms with Gasteiger partial charge in [0.1, 0.15) is 0 Å². The molecule has 1 N–H and O–H groups in total. The molecule has 0 saturated heterocycles. The van der Waals surface area contributed by atoms with Gasteiger partial charge in [0.2, 0.25) is 11.1 Å². The fourth-order valence-electron chi connectivity index (χ4n) is 2.89. The molecule has 0 spiro atoms. The molecule has 27 heavy (non-hydrogen) atoms. The lowest BCUT2D eigenvalue weighted by atomic mass is 10.1. The second-order valence-electron chi connectivity index (χ2n) is 6.88. The number of hydrogen-bond acceptors (Lipinski definition) is 7. The fraction of sp³-hybridized carbons (Fsp3) is 0.556. The number of amides is 1. The van der Waals surface area contributed by atoms with Gasteiger partial charge in [-0.3, -0.25) is 4.79 Å². The molecule has 1 amide bonds. The summed E-state index contributed by atoms with van der Waals surface area (Å²) < 4.78 is 13.2. The van der Waals surface area contributed by atoms with Crippen molar-refractivity contribution in [3.8, 4) is 11.5 Å². The van der Waals surface area contributed by atoms with E-state index in [1.165, 1.54) is 11.8 Å². The molecule has 1 aliphatic heterocycles. The molecule has 4 rings (SSSR count). The van der Waals surface area contributed by atoms with Crippen molar-refractivity contribution in [2.45, 2.75) is 55.6 Å². The van der Waals surface area contributed by atoms with Gasteiger partial charge in [0.25, 0.3) is 0 Å². The van der Waals surface area contributed by atoms with Crippen LogP contribution in [0.2, 0.25) is 0 Å². The maximum Gasteiger partial charge on any atom is 0.233 e. The van der Waals surface area contributed by atoms with Crippen molar-refractivity contribution in [1.82, 2.24) is 25.5 Å². The number of fused-ring (bicyclic) bond motifs is 1. The SMILES string of the molecule is CC(Sc1nnnn1C1CC1)C(=O)NC(C)c1ccc2c(c1)OCCCO2. The molecule has 1 saturated carbocycles. The number of nitrogens with one attached hydrogen (secondary N) is 1. The number of tetrazole rings is 1. The predicted molar refractivity (Wildman–Crippen MR) is 100 cm³/mol. The van der Waals surface area contributed by atoms with Crippen molar-refractivity contribution in [2.24, 2.45) is 0 Å². The number of benzene rings is 1. The van der Waals surface area contributed by atoms with Crippen molar-refractivity contribution in [2.75, 3.05) is 13.2 Å². The molecule has 0 bridgehead atoms. The highest BCUT2D eigenvalue weighted by atomic mass is 32.2. The van der Waals surface area contributed by atoms with Crippen LogP contribution in [0.1, 0.15) is 50.8 Å². The lowest BCUT2D eigenvalue weighted by molar-refractivity contribution is -0.120. The Morgan fingerprint density at radius 3 is 2.81 bits per heavy atom. The molecule has 2 heterocycles. The zero-order valence-corrected chi connectivity index (χ0v) is 16.2. The summed E-state index contributed by atoms with van der Waals surface area (Å²) in [5.41, 5.74) is 0.979. The molecule has 2 unspecified atom stereocenters. The molecule has 144 valence electrons. The Hall–Kier alpha value is -2.29. The van der Waals surface area contributed by atoms with Crippen LogP contribution < -0.4 is 14.8 Å². The summed E-state index contributed by atoms with van der Waals surface area (Å²) in [6, 6.07) is 6.05. The van der Waals surface area contributed by atoms with Gasteiger partial charge in [-0.2, -0.15) is 0 Å². The van der Waals surface area contributed by atoms with Crippen LogP contribution in [-0.4, -0.2) is 44.6 Å². The molecular formula is C18H23N5O3S. The van der Waals surface area contributed by atoms with Crippen LogP contribution in [0.3, 0.4) is 0 Å². The van der Waals surface area contributed by atoms with Gasteiger partial charge in [-0.05, 0) is 54.8 Å². The minimum Gasteiger partial charge on any atom is -0.490 e. The van der Waals surface area contributed by atoms with E-state index >= 15 is 0 Å². The zero-order valence-electron chi connectivity index (χ0n) is 15.4. The highest BCUT2D eigenvalue weighted by molar-refractivity contribution is 8.00. The Labute approximate surface area is 162 Å². The third-order valence-electron chi connectivity index (χ3n) is 4.64. The van der Waals surface area contributed by atoms with Crippen LogP contribution in [0.5, 0.6) is 11.5 Å². The van der Waals surface area contributed by atoms with Gasteiger partial charge in [-0.25, -0.2) is 4.68 Å². The number of ether oxygens (including phenoxy) is 2. The molecule has 1 aromatic heterocycles. The van der Waals surface area contributed by atoms with E-state index in [9.17, 15) is 4.79 Å². The smallest absolute Gasteiger partial charge is 0.233 e. The van der Waals surface area contributed by atoms with Crippen LogP contribution in [0, 0.1) is 0 Å². The second-order valence-corrected chi connectivity index (χ2v) is 8.19. The average Bonchev–Trinajstić information content (AvgIpc) is 3.45. The lowest BCUT2D eigenvalue weighted by Gasteiger charge is -2.18. The van der Waals surface area contributed by atoms with Crippen LogP contribution in [0.25, 0.3) is 0 Å². The third-order valence-corrected chi connectivity index (χ3v) is 5.68. The first-order valence-electron chi connectivity index (χ1n) is 9.26. The molecule has 2 aliphatic rings. The maximum absolute atomic E-state index is 12.6. The Morgan fingerprint density at radius 1 is 1.26 bits per heavy atom. The van der Waals surface area contributed by atoms with E-state index in [0.717, 1.165) is 36.3 Å².